The van der Waals surface area contributed by atoms with E-state index in [1.54, 1.807) is 4.90 Å². The van der Waals surface area contributed by atoms with Crippen molar-refractivity contribution in [3.63, 3.8) is 0 Å². The number of rotatable bonds is 1. The third-order valence-electron chi connectivity index (χ3n) is 3.54. The van der Waals surface area contributed by atoms with Crippen LogP contribution in [0.4, 0.5) is 0 Å². The molecule has 2 heteroatoms. The molecule has 0 saturated heterocycles. The lowest BCUT2D eigenvalue weighted by Crippen LogP contribution is -2.34. The zero-order valence-electron chi connectivity index (χ0n) is 10.4. The molecule has 90 valence electrons. The first-order chi connectivity index (χ1) is 8.77. The zero-order chi connectivity index (χ0) is 12.5. The molecule has 2 nitrogen and oxygen atoms in total. The van der Waals surface area contributed by atoms with Gasteiger partial charge >= 0.3 is 0 Å². The fourth-order valence-corrected chi connectivity index (χ4v) is 2.53. The zero-order valence-corrected chi connectivity index (χ0v) is 10.4. The molecule has 1 aliphatic rings. The van der Waals surface area contributed by atoms with Crippen molar-refractivity contribution >= 4 is 5.91 Å². The maximum absolute atomic E-state index is 12.1. The molecule has 0 fully saturated rings. The van der Waals surface area contributed by atoms with Gasteiger partial charge in [0.15, 0.2) is 0 Å². The summed E-state index contributed by atoms with van der Waals surface area (Å²) in [5.41, 5.74) is 4.41. The van der Waals surface area contributed by atoms with Gasteiger partial charge in [0.25, 0.3) is 5.91 Å². The van der Waals surface area contributed by atoms with Crippen molar-refractivity contribution < 1.29 is 4.79 Å². The molecule has 0 N–H and O–H groups in total. The van der Waals surface area contributed by atoms with E-state index in [1.165, 1.54) is 16.7 Å². The second kappa shape index (κ2) is 4.30. The van der Waals surface area contributed by atoms with Gasteiger partial charge in [-0.2, -0.15) is 0 Å². The minimum atomic E-state index is 0.133. The number of amides is 1. The summed E-state index contributed by atoms with van der Waals surface area (Å²) < 4.78 is 0. The first-order valence-electron chi connectivity index (χ1n) is 6.20. The Morgan fingerprint density at radius 1 is 0.944 bits per heavy atom. The smallest absolute Gasteiger partial charge is 0.253 e. The summed E-state index contributed by atoms with van der Waals surface area (Å²) in [5, 5.41) is 0. The van der Waals surface area contributed by atoms with Gasteiger partial charge in [-0.15, -0.1) is 0 Å². The Hall–Kier alpha value is -2.09. The Morgan fingerprint density at radius 3 is 2.44 bits per heavy atom. The van der Waals surface area contributed by atoms with Crippen molar-refractivity contribution in [1.29, 1.82) is 0 Å². The molecule has 0 unspecified atom stereocenters. The second-order valence-electron chi connectivity index (χ2n) is 4.67. The Bertz CT molecular complexity index is 589. The molecule has 0 bridgehead atoms. The normalized spacial score (nSPS) is 14.5. The molecule has 1 amide bonds. The van der Waals surface area contributed by atoms with Crippen LogP contribution in [0.15, 0.2) is 48.5 Å². The van der Waals surface area contributed by atoms with E-state index >= 15 is 0 Å². The fourth-order valence-electron chi connectivity index (χ4n) is 2.53. The van der Waals surface area contributed by atoms with Gasteiger partial charge < -0.3 is 4.90 Å². The average Bonchev–Trinajstić information content (AvgIpc) is 2.43. The van der Waals surface area contributed by atoms with E-state index in [-0.39, 0.29) is 5.91 Å². The first-order valence-corrected chi connectivity index (χ1v) is 6.20. The lowest BCUT2D eigenvalue weighted by atomic mass is 9.90. The van der Waals surface area contributed by atoms with E-state index in [0.717, 1.165) is 18.5 Å². The van der Waals surface area contributed by atoms with Crippen LogP contribution in [0.25, 0.3) is 11.1 Å². The average molecular weight is 237 g/mol. The van der Waals surface area contributed by atoms with Crippen LogP contribution >= 0.6 is 0 Å². The summed E-state index contributed by atoms with van der Waals surface area (Å²) in [4.78, 5) is 13.9. The number of hydrogen-bond donors (Lipinski definition) is 0. The van der Waals surface area contributed by atoms with E-state index in [0.29, 0.717) is 0 Å². The molecular formula is C16H15NO. The Balaban J connectivity index is 2.17. The van der Waals surface area contributed by atoms with Gasteiger partial charge in [-0.1, -0.05) is 42.5 Å². The van der Waals surface area contributed by atoms with Gasteiger partial charge in [-0.25, -0.2) is 0 Å². The largest absolute Gasteiger partial charge is 0.341 e. The molecule has 2 aromatic carbocycles. The molecule has 0 saturated carbocycles. The molecule has 1 aliphatic heterocycles. The molecule has 18 heavy (non-hydrogen) atoms. The number of fused-ring (bicyclic) bond motifs is 1. The van der Waals surface area contributed by atoms with Crippen LogP contribution in [0.2, 0.25) is 0 Å². The third-order valence-corrected chi connectivity index (χ3v) is 3.54. The van der Waals surface area contributed by atoms with Crippen molar-refractivity contribution in [2.75, 3.05) is 13.6 Å². The summed E-state index contributed by atoms with van der Waals surface area (Å²) >= 11 is 0. The third kappa shape index (κ3) is 1.70. The standard InChI is InChI=1S/C16H15NO/c1-17-11-10-14-13(12-6-3-2-4-7-12)8-5-9-15(14)16(17)18/h2-9H,10-11H2,1H3. The van der Waals surface area contributed by atoms with Crippen LogP contribution in [0.3, 0.4) is 0 Å². The van der Waals surface area contributed by atoms with Crippen molar-refractivity contribution in [2.45, 2.75) is 6.42 Å². The summed E-state index contributed by atoms with van der Waals surface area (Å²) in [6, 6.07) is 16.3. The summed E-state index contributed by atoms with van der Waals surface area (Å²) in [5.74, 6) is 0.133. The van der Waals surface area contributed by atoms with Crippen LogP contribution in [0.5, 0.6) is 0 Å². The molecule has 2 aromatic rings. The summed E-state index contributed by atoms with van der Waals surface area (Å²) in [6.07, 6.45) is 0.933. The monoisotopic (exact) mass is 237 g/mol. The Kier molecular flexibility index (Phi) is 2.63. The van der Waals surface area contributed by atoms with Crippen molar-refractivity contribution in [3.8, 4) is 11.1 Å². The number of hydrogen-bond acceptors (Lipinski definition) is 1. The van der Waals surface area contributed by atoms with Crippen LogP contribution in [0, 0.1) is 0 Å². The SMILES string of the molecule is CN1CCc2c(cccc2-c2ccccc2)C1=O. The minimum absolute atomic E-state index is 0.133. The van der Waals surface area contributed by atoms with E-state index in [9.17, 15) is 4.79 Å². The van der Waals surface area contributed by atoms with Crippen molar-refractivity contribution in [1.82, 2.24) is 4.90 Å². The molecular weight excluding hydrogens is 222 g/mol. The van der Waals surface area contributed by atoms with Gasteiger partial charge in [-0.05, 0) is 29.2 Å². The predicted octanol–water partition coefficient (Wildman–Crippen LogP) is 2.98. The highest BCUT2D eigenvalue weighted by atomic mass is 16.2. The maximum Gasteiger partial charge on any atom is 0.253 e. The molecule has 0 aliphatic carbocycles. The molecule has 0 aromatic heterocycles. The molecule has 0 atom stereocenters. The predicted molar refractivity (Wildman–Crippen MR) is 72.5 cm³/mol. The van der Waals surface area contributed by atoms with E-state index in [1.807, 2.05) is 37.4 Å². The highest BCUT2D eigenvalue weighted by molar-refractivity contribution is 5.98. The maximum atomic E-state index is 12.1. The molecule has 3 rings (SSSR count). The summed E-state index contributed by atoms with van der Waals surface area (Å²) in [7, 11) is 1.86. The fraction of sp³-hybridized carbons (Fsp3) is 0.188. The number of carbonyl (C=O) groups excluding carboxylic acids is 1. The van der Waals surface area contributed by atoms with Crippen molar-refractivity contribution in [3.05, 3.63) is 59.7 Å². The van der Waals surface area contributed by atoms with Crippen LogP contribution in [-0.4, -0.2) is 24.4 Å². The number of likely N-dealkylation sites (N-methyl/N-ethyl adjacent to an activating group) is 1. The topological polar surface area (TPSA) is 20.3 Å². The number of benzene rings is 2. The molecule has 0 spiro atoms. The quantitative estimate of drug-likeness (QED) is 0.746. The lowest BCUT2D eigenvalue weighted by molar-refractivity contribution is 0.0781. The number of carbonyl (C=O) groups is 1. The van der Waals surface area contributed by atoms with Gasteiger partial charge in [0.2, 0.25) is 0 Å². The van der Waals surface area contributed by atoms with E-state index in [4.69, 9.17) is 0 Å². The van der Waals surface area contributed by atoms with Crippen LogP contribution < -0.4 is 0 Å². The van der Waals surface area contributed by atoms with Crippen LogP contribution in [0.1, 0.15) is 15.9 Å². The van der Waals surface area contributed by atoms with Gasteiger partial charge in [0, 0.05) is 19.2 Å². The summed E-state index contributed by atoms with van der Waals surface area (Å²) in [6.45, 7) is 0.801. The lowest BCUT2D eigenvalue weighted by Gasteiger charge is -2.26. The Labute approximate surface area is 107 Å². The van der Waals surface area contributed by atoms with E-state index < -0.39 is 0 Å². The Morgan fingerprint density at radius 2 is 1.67 bits per heavy atom. The molecule has 1 heterocycles. The van der Waals surface area contributed by atoms with Gasteiger partial charge in [-0.3, -0.25) is 4.79 Å². The van der Waals surface area contributed by atoms with Crippen LogP contribution in [-0.2, 0) is 6.42 Å². The van der Waals surface area contributed by atoms with Gasteiger partial charge in [0.1, 0.15) is 0 Å². The van der Waals surface area contributed by atoms with E-state index in [2.05, 4.69) is 18.2 Å². The minimum Gasteiger partial charge on any atom is -0.341 e. The highest BCUT2D eigenvalue weighted by Crippen LogP contribution is 2.29. The highest BCUT2D eigenvalue weighted by Gasteiger charge is 2.23. The number of nitrogens with zero attached hydrogens (tertiary/aromatic N) is 1. The van der Waals surface area contributed by atoms with Crippen molar-refractivity contribution in [2.24, 2.45) is 0 Å². The van der Waals surface area contributed by atoms with Gasteiger partial charge in [0.05, 0.1) is 0 Å². The second-order valence-corrected chi connectivity index (χ2v) is 4.67. The first kappa shape index (κ1) is 11.0. The molecule has 0 radical (unpaired) electrons.